The number of ether oxygens (including phenoxy) is 4. The molecule has 110 heavy (non-hydrogen) atoms. The number of nitrogens with zero attached hydrogens (tertiary/aromatic N) is 26. The number of thiazole rings is 2. The molecule has 0 amide bonds. The third-order valence-electron chi connectivity index (χ3n) is 16.6. The third-order valence-corrected chi connectivity index (χ3v) is 18.6. The molecule has 0 saturated carbocycles. The summed E-state index contributed by atoms with van der Waals surface area (Å²) in [4.78, 5) is 123. The van der Waals surface area contributed by atoms with Gasteiger partial charge in [0, 0.05) is 115 Å². The normalized spacial score (nSPS) is 14.5. The minimum atomic E-state index is 0.305. The van der Waals surface area contributed by atoms with E-state index in [1.165, 1.54) is 49.5 Å². The van der Waals surface area contributed by atoms with Gasteiger partial charge in [-0.3, -0.25) is 9.59 Å². The maximum absolute atomic E-state index is 11.1. The van der Waals surface area contributed by atoms with Gasteiger partial charge in [0.05, 0.1) is 91.6 Å². The van der Waals surface area contributed by atoms with Crippen LogP contribution >= 0.6 is 22.7 Å². The zero-order valence-corrected chi connectivity index (χ0v) is 63.9. The fraction of sp³-hybridized carbons (Fsp3) is 0.378. The number of aldehydes is 2. The molecule has 0 aliphatic carbocycles. The summed E-state index contributed by atoms with van der Waals surface area (Å²) in [6.45, 7) is 21.3. The number of carbonyl (C=O) groups excluding carboxylic acids is 2. The summed E-state index contributed by atoms with van der Waals surface area (Å²) in [7, 11) is 8.10. The SMILES string of the molecule is CCC.CCC.CN(C)Cc1ccc2c(n1)oc1c(N3CCOCC3)nc(-c3cncnc3)nc12.CN(C)Cc1nc2nc(-c3cncnc3)nc(N3CCOCC3)c2s1.O=Cc1ccc2c(n1)oc1c(N3CCOCC3)nc(-c3cncnc3)nc12.O=Cc1nc2nc(-c3cncnc3)nc(N3CCOCC3)c2s1. The number of furan rings is 2. The number of hydrogen-bond acceptors (Lipinski definition) is 36. The van der Waals surface area contributed by atoms with Crippen LogP contribution in [0, 0.1) is 0 Å². The second kappa shape index (κ2) is 37.2. The van der Waals surface area contributed by atoms with Crippen LogP contribution in [0.25, 0.3) is 111 Å². The van der Waals surface area contributed by atoms with E-state index in [-0.39, 0.29) is 0 Å². The van der Waals surface area contributed by atoms with E-state index in [1.807, 2.05) is 40.3 Å². The van der Waals surface area contributed by atoms with Gasteiger partial charge in [-0.05, 0) is 52.5 Å². The van der Waals surface area contributed by atoms with Crippen LogP contribution in [-0.2, 0) is 32.0 Å². The van der Waals surface area contributed by atoms with Crippen LogP contribution in [0.3, 0.4) is 0 Å². The van der Waals surface area contributed by atoms with E-state index in [0.29, 0.717) is 157 Å². The molecule has 0 spiro atoms. The monoisotopic (exact) mass is 1530 g/mol. The minimum Gasteiger partial charge on any atom is -0.432 e. The summed E-state index contributed by atoms with van der Waals surface area (Å²) in [6.07, 6.45) is 23.4. The Kier molecular flexibility index (Phi) is 25.9. The molecule has 4 aliphatic rings. The van der Waals surface area contributed by atoms with Gasteiger partial charge >= 0.3 is 0 Å². The Morgan fingerprint density at radius 2 is 0.745 bits per heavy atom. The van der Waals surface area contributed by atoms with Crippen LogP contribution in [-0.4, -0.2) is 255 Å². The number of morpholine rings is 4. The first kappa shape index (κ1) is 76.8. The van der Waals surface area contributed by atoms with Gasteiger partial charge < -0.3 is 57.2 Å². The van der Waals surface area contributed by atoms with Gasteiger partial charge in [0.2, 0.25) is 11.4 Å². The van der Waals surface area contributed by atoms with Gasteiger partial charge in [-0.15, -0.1) is 22.7 Å². The predicted octanol–water partition coefficient (Wildman–Crippen LogP) is 9.47. The van der Waals surface area contributed by atoms with Crippen LogP contribution in [0.15, 0.2) is 108 Å². The van der Waals surface area contributed by atoms with Crippen LogP contribution in [0.1, 0.15) is 71.5 Å². The number of anilines is 4. The zero-order valence-electron chi connectivity index (χ0n) is 62.2. The van der Waals surface area contributed by atoms with E-state index in [0.717, 1.165) is 129 Å². The second-order valence-corrected chi connectivity index (χ2v) is 27.9. The van der Waals surface area contributed by atoms with Gasteiger partial charge in [0.1, 0.15) is 56.4 Å². The highest BCUT2D eigenvalue weighted by Crippen LogP contribution is 2.38. The Hall–Kier alpha value is -11.4. The fourth-order valence-corrected chi connectivity index (χ4v) is 13.7. The van der Waals surface area contributed by atoms with Gasteiger partial charge in [-0.2, -0.15) is 0 Å². The van der Waals surface area contributed by atoms with Crippen molar-refractivity contribution in [1.82, 2.24) is 109 Å². The lowest BCUT2D eigenvalue weighted by Gasteiger charge is -2.28. The van der Waals surface area contributed by atoms with Crippen molar-refractivity contribution in [3.05, 3.63) is 121 Å². The molecule has 14 aromatic rings. The van der Waals surface area contributed by atoms with Gasteiger partial charge in [0.15, 0.2) is 86.6 Å². The first-order chi connectivity index (χ1) is 53.9. The number of rotatable bonds is 14. The standard InChI is InChI=1S/C20H21N7O2.C18H14N6O3.C16H19N7OS.C14H12N6O2S.2C3H8/c1-26(2)11-14-3-4-15-16-17(29-20(15)23-14)19(27-5-7-28-8-6-27)25-18(24-16)13-9-21-12-22-10-13;25-9-12-1-2-13-14-15(27-18(13)21-12)17(24-3-5-26-6-4-24)23-16(22-14)11-7-19-10-20-8-11;1-22(2)9-12-19-15-13(25-12)16(23-3-5-24-6-4-23)21-14(20-15)11-7-17-10-18-8-11;21-7-10-17-13-11(23-10)14(20-1-3-22-4-2-20)19-12(18-13)9-5-15-8-16-6-9;2*1-3-2/h3-4,9-10,12H,5-8,11H2,1-2H3;1-2,7-10H,3-6H2;7-8,10H,3-6,9H2,1-2H3;5-8H,1-4H2;2*3H2,1-2H3. The van der Waals surface area contributed by atoms with Crippen LogP contribution in [0.2, 0.25) is 0 Å². The molecule has 14 aromatic heterocycles. The van der Waals surface area contributed by atoms with E-state index in [2.05, 4.69) is 127 Å². The second-order valence-electron chi connectivity index (χ2n) is 25.8. The average Bonchev–Trinajstić information content (AvgIpc) is 1.60. The number of pyridine rings is 2. The molecular formula is C74H82N26O8S2. The van der Waals surface area contributed by atoms with Crippen LogP contribution in [0.4, 0.5) is 23.3 Å². The predicted molar refractivity (Wildman–Crippen MR) is 418 cm³/mol. The largest absolute Gasteiger partial charge is 0.432 e. The highest BCUT2D eigenvalue weighted by molar-refractivity contribution is 7.20. The summed E-state index contributed by atoms with van der Waals surface area (Å²) in [5, 5.41) is 3.03. The van der Waals surface area contributed by atoms with Crippen molar-refractivity contribution in [2.24, 2.45) is 0 Å². The molecule has 18 heterocycles. The van der Waals surface area contributed by atoms with Crippen LogP contribution in [0.5, 0.6) is 0 Å². The lowest BCUT2D eigenvalue weighted by Crippen LogP contribution is -2.37. The average molecular weight is 1530 g/mol. The zero-order chi connectivity index (χ0) is 76.3. The molecule has 18 rings (SSSR count). The highest BCUT2D eigenvalue weighted by Gasteiger charge is 2.28. The number of fused-ring (bicyclic) bond motifs is 8. The van der Waals surface area contributed by atoms with Crippen molar-refractivity contribution >= 4 is 124 Å². The lowest BCUT2D eigenvalue weighted by atomic mass is 10.2. The molecule has 0 aromatic carbocycles. The Morgan fingerprint density at radius 3 is 1.14 bits per heavy atom. The summed E-state index contributed by atoms with van der Waals surface area (Å²) in [5.41, 5.74) is 9.00. The highest BCUT2D eigenvalue weighted by atomic mass is 32.1. The van der Waals surface area contributed by atoms with Crippen LogP contribution < -0.4 is 19.6 Å². The number of aromatic nitrogens is 20. The van der Waals surface area contributed by atoms with E-state index in [1.54, 1.807) is 73.0 Å². The molecule has 34 nitrogen and oxygen atoms in total. The van der Waals surface area contributed by atoms with Gasteiger partial charge in [-0.1, -0.05) is 40.5 Å². The Bertz CT molecular complexity index is 5350. The minimum absolute atomic E-state index is 0.305. The molecular weight excluding hydrogens is 1450 g/mol. The molecule has 0 N–H and O–H groups in total. The first-order valence-corrected chi connectivity index (χ1v) is 37.6. The third kappa shape index (κ3) is 18.5. The van der Waals surface area contributed by atoms with Gasteiger partial charge in [-0.25, -0.2) is 99.7 Å². The van der Waals surface area contributed by atoms with Crippen molar-refractivity contribution in [2.75, 3.05) is 153 Å². The molecule has 0 atom stereocenters. The molecule has 0 bridgehead atoms. The molecule has 568 valence electrons. The summed E-state index contributed by atoms with van der Waals surface area (Å²) in [5.74, 6) is 5.32. The van der Waals surface area contributed by atoms with E-state index < -0.39 is 0 Å². The summed E-state index contributed by atoms with van der Waals surface area (Å²) in [6, 6.07) is 7.47. The maximum atomic E-state index is 11.1. The smallest absolute Gasteiger partial charge is 0.229 e. The molecule has 4 aliphatic heterocycles. The molecule has 0 radical (unpaired) electrons. The number of carbonyl (C=O) groups is 2. The first-order valence-electron chi connectivity index (χ1n) is 36.0. The summed E-state index contributed by atoms with van der Waals surface area (Å²) < 4.78 is 35.8. The van der Waals surface area contributed by atoms with Crippen molar-refractivity contribution in [3.63, 3.8) is 0 Å². The molecule has 36 heteroatoms. The molecule has 0 unspecified atom stereocenters. The maximum Gasteiger partial charge on any atom is 0.229 e. The Balaban J connectivity index is 0.000000126. The van der Waals surface area contributed by atoms with Gasteiger partial charge in [0.25, 0.3) is 0 Å². The van der Waals surface area contributed by atoms with Crippen molar-refractivity contribution < 1.29 is 37.4 Å². The molecule has 4 saturated heterocycles. The van der Waals surface area contributed by atoms with E-state index in [9.17, 15) is 9.59 Å². The fourth-order valence-electron chi connectivity index (χ4n) is 11.8. The molecule has 4 fully saturated rings. The quantitative estimate of drug-likeness (QED) is 0.0914. The van der Waals surface area contributed by atoms with Crippen molar-refractivity contribution in [1.29, 1.82) is 0 Å². The van der Waals surface area contributed by atoms with E-state index in [4.69, 9.17) is 57.7 Å². The van der Waals surface area contributed by atoms with E-state index >= 15 is 0 Å². The summed E-state index contributed by atoms with van der Waals surface area (Å²) >= 11 is 2.96. The lowest BCUT2D eigenvalue weighted by molar-refractivity contribution is 0.111. The number of hydrogen-bond donors (Lipinski definition) is 0. The Labute approximate surface area is 639 Å². The van der Waals surface area contributed by atoms with Crippen molar-refractivity contribution in [2.45, 2.75) is 53.6 Å². The Morgan fingerprint density at radius 1 is 0.391 bits per heavy atom. The topological polar surface area (TPSA) is 375 Å². The van der Waals surface area contributed by atoms with Crippen molar-refractivity contribution in [3.8, 4) is 45.6 Å².